The van der Waals surface area contributed by atoms with Crippen molar-refractivity contribution in [3.8, 4) is 22.6 Å². The molecule has 2 aromatic carbocycles. The van der Waals surface area contributed by atoms with Gasteiger partial charge in [0.15, 0.2) is 0 Å². The van der Waals surface area contributed by atoms with Gasteiger partial charge in [0.1, 0.15) is 0 Å². The van der Waals surface area contributed by atoms with E-state index in [1.807, 2.05) is 42.5 Å². The van der Waals surface area contributed by atoms with Gasteiger partial charge in [-0.1, -0.05) is 29.8 Å². The van der Waals surface area contributed by atoms with E-state index in [1.165, 1.54) is 0 Å². The van der Waals surface area contributed by atoms with Gasteiger partial charge in [-0.2, -0.15) is 0 Å². The number of hydrogen-bond acceptors (Lipinski definition) is 4. The number of benzene rings is 2. The molecule has 0 saturated carbocycles. The Morgan fingerprint density at radius 2 is 1.83 bits per heavy atom. The first kappa shape index (κ1) is 13.9. The number of fused-ring (bicyclic) bond motifs is 1. The fourth-order valence-electron chi connectivity index (χ4n) is 2.61. The molecule has 2 heterocycles. The second-order valence-corrected chi connectivity index (χ2v) is 5.66. The summed E-state index contributed by atoms with van der Waals surface area (Å²) in [5.41, 5.74) is 3.91. The molecule has 4 rings (SSSR count). The number of hydrogen-bond donors (Lipinski definition) is 0. The van der Waals surface area contributed by atoms with Crippen LogP contribution >= 0.6 is 11.6 Å². The van der Waals surface area contributed by atoms with Gasteiger partial charge in [-0.25, -0.2) is 0 Å². The van der Waals surface area contributed by atoms with Crippen molar-refractivity contribution in [2.24, 2.45) is 0 Å². The molecule has 0 N–H and O–H groups in total. The second-order valence-electron chi connectivity index (χ2n) is 5.23. The summed E-state index contributed by atoms with van der Waals surface area (Å²) in [6.45, 7) is 1.78. The zero-order valence-electron chi connectivity index (χ0n) is 12.3. The summed E-state index contributed by atoms with van der Waals surface area (Å²) in [4.78, 5) is 4.39. The highest BCUT2D eigenvalue weighted by Gasteiger charge is 2.09. The molecule has 0 radical (unpaired) electrons. The molecule has 0 aliphatic heterocycles. The number of halogens is 1. The average Bonchev–Trinajstić information content (AvgIpc) is 3.01. The molecule has 0 atom stereocenters. The molecule has 0 amide bonds. The van der Waals surface area contributed by atoms with Gasteiger partial charge in [-0.05, 0) is 41.5 Å². The number of aryl methyl sites for hydroxylation is 1. The van der Waals surface area contributed by atoms with Gasteiger partial charge in [-0.3, -0.25) is 4.98 Å². The molecule has 0 saturated heterocycles. The smallest absolute Gasteiger partial charge is 0.247 e. The normalized spacial score (nSPS) is 11.0. The van der Waals surface area contributed by atoms with E-state index in [-0.39, 0.29) is 0 Å². The van der Waals surface area contributed by atoms with Crippen LogP contribution in [-0.4, -0.2) is 15.2 Å². The molecule has 0 unspecified atom stereocenters. The Bertz CT molecular complexity index is 1010. The van der Waals surface area contributed by atoms with E-state index in [0.717, 1.165) is 27.6 Å². The van der Waals surface area contributed by atoms with Gasteiger partial charge in [0.25, 0.3) is 0 Å². The van der Waals surface area contributed by atoms with E-state index in [0.29, 0.717) is 16.8 Å². The number of nitrogens with zero attached hydrogens (tertiary/aromatic N) is 3. The van der Waals surface area contributed by atoms with Gasteiger partial charge in [-0.15, -0.1) is 10.2 Å². The minimum atomic E-state index is 0.519. The minimum absolute atomic E-state index is 0.519. The third-order valence-corrected chi connectivity index (χ3v) is 3.89. The van der Waals surface area contributed by atoms with Gasteiger partial charge in [0.05, 0.1) is 5.52 Å². The number of rotatable bonds is 2. The molecule has 0 aliphatic rings. The minimum Gasteiger partial charge on any atom is -0.421 e. The van der Waals surface area contributed by atoms with Crippen LogP contribution in [0.3, 0.4) is 0 Å². The average molecular weight is 322 g/mol. The topological polar surface area (TPSA) is 51.8 Å². The molecule has 0 spiro atoms. The van der Waals surface area contributed by atoms with E-state index in [2.05, 4.69) is 21.2 Å². The molecule has 0 fully saturated rings. The molecule has 23 heavy (non-hydrogen) atoms. The maximum absolute atomic E-state index is 6.06. The highest BCUT2D eigenvalue weighted by Crippen LogP contribution is 2.31. The molecular weight excluding hydrogens is 310 g/mol. The Morgan fingerprint density at radius 1 is 0.957 bits per heavy atom. The lowest BCUT2D eigenvalue weighted by atomic mass is 9.99. The van der Waals surface area contributed by atoms with Crippen molar-refractivity contribution in [3.05, 3.63) is 65.6 Å². The van der Waals surface area contributed by atoms with E-state index in [4.69, 9.17) is 16.0 Å². The fourth-order valence-corrected chi connectivity index (χ4v) is 2.77. The maximum Gasteiger partial charge on any atom is 0.247 e. The first-order chi connectivity index (χ1) is 11.2. The van der Waals surface area contributed by atoms with Crippen LogP contribution in [0, 0.1) is 6.92 Å². The predicted molar refractivity (Wildman–Crippen MR) is 90.2 cm³/mol. The monoisotopic (exact) mass is 321 g/mol. The number of aromatic nitrogens is 3. The van der Waals surface area contributed by atoms with Crippen molar-refractivity contribution in [1.82, 2.24) is 15.2 Å². The first-order valence-electron chi connectivity index (χ1n) is 7.16. The van der Waals surface area contributed by atoms with Crippen LogP contribution in [-0.2, 0) is 0 Å². The van der Waals surface area contributed by atoms with Crippen molar-refractivity contribution in [1.29, 1.82) is 0 Å². The van der Waals surface area contributed by atoms with Gasteiger partial charge >= 0.3 is 0 Å². The predicted octanol–water partition coefficient (Wildman–Crippen LogP) is 4.91. The summed E-state index contributed by atoms with van der Waals surface area (Å²) >= 11 is 6.06. The largest absolute Gasteiger partial charge is 0.421 e. The van der Waals surface area contributed by atoms with Crippen LogP contribution < -0.4 is 0 Å². The zero-order chi connectivity index (χ0) is 15.8. The molecule has 0 bridgehead atoms. The van der Waals surface area contributed by atoms with Gasteiger partial charge < -0.3 is 4.42 Å². The molecule has 4 aromatic rings. The summed E-state index contributed by atoms with van der Waals surface area (Å²) in [6, 6.07) is 15.7. The van der Waals surface area contributed by atoms with Gasteiger partial charge in [0, 0.05) is 29.1 Å². The maximum atomic E-state index is 6.06. The molecule has 0 aliphatic carbocycles. The Kier molecular flexibility index (Phi) is 3.32. The summed E-state index contributed by atoms with van der Waals surface area (Å²) in [5.74, 6) is 1.07. The Hall–Kier alpha value is -2.72. The van der Waals surface area contributed by atoms with E-state index < -0.39 is 0 Å². The van der Waals surface area contributed by atoms with Crippen molar-refractivity contribution in [3.63, 3.8) is 0 Å². The van der Waals surface area contributed by atoms with Crippen LogP contribution in [0.5, 0.6) is 0 Å². The van der Waals surface area contributed by atoms with E-state index in [1.54, 1.807) is 13.1 Å². The van der Waals surface area contributed by atoms with Crippen LogP contribution in [0.15, 0.2) is 59.1 Å². The Balaban J connectivity index is 1.88. The van der Waals surface area contributed by atoms with Crippen molar-refractivity contribution in [2.45, 2.75) is 6.92 Å². The Labute approximate surface area is 137 Å². The van der Waals surface area contributed by atoms with E-state index in [9.17, 15) is 0 Å². The molecule has 4 nitrogen and oxygen atoms in total. The molecule has 112 valence electrons. The zero-order valence-corrected chi connectivity index (χ0v) is 13.1. The SMILES string of the molecule is Cc1nnc(-c2cccc(-c3ccnc4cc(Cl)ccc34)c2)o1. The van der Waals surface area contributed by atoms with Crippen LogP contribution in [0.4, 0.5) is 0 Å². The third-order valence-electron chi connectivity index (χ3n) is 3.65. The molecule has 2 aromatic heterocycles. The summed E-state index contributed by atoms with van der Waals surface area (Å²) in [7, 11) is 0. The summed E-state index contributed by atoms with van der Waals surface area (Å²) < 4.78 is 5.51. The lowest BCUT2D eigenvalue weighted by molar-refractivity contribution is 0.533. The highest BCUT2D eigenvalue weighted by atomic mass is 35.5. The van der Waals surface area contributed by atoms with Crippen molar-refractivity contribution >= 4 is 22.5 Å². The highest BCUT2D eigenvalue weighted by molar-refractivity contribution is 6.31. The third kappa shape index (κ3) is 2.58. The lowest BCUT2D eigenvalue weighted by Crippen LogP contribution is -1.86. The second kappa shape index (κ2) is 5.48. The van der Waals surface area contributed by atoms with Crippen molar-refractivity contribution < 1.29 is 4.42 Å². The fraction of sp³-hybridized carbons (Fsp3) is 0.0556. The van der Waals surface area contributed by atoms with Crippen molar-refractivity contribution in [2.75, 3.05) is 0 Å². The summed E-state index contributed by atoms with van der Waals surface area (Å²) in [5, 5.41) is 9.69. The first-order valence-corrected chi connectivity index (χ1v) is 7.54. The standard InChI is InChI=1S/C18H12ClN3O/c1-11-21-22-18(23-11)13-4-2-3-12(9-13)15-7-8-20-17-10-14(19)5-6-16(15)17/h2-10H,1H3. The summed E-state index contributed by atoms with van der Waals surface area (Å²) in [6.07, 6.45) is 1.79. The molecular formula is C18H12ClN3O. The number of pyridine rings is 1. The molecule has 5 heteroatoms. The lowest BCUT2D eigenvalue weighted by Gasteiger charge is -2.07. The van der Waals surface area contributed by atoms with E-state index >= 15 is 0 Å². The van der Waals surface area contributed by atoms with Crippen LogP contribution in [0.25, 0.3) is 33.5 Å². The Morgan fingerprint density at radius 3 is 2.65 bits per heavy atom. The van der Waals surface area contributed by atoms with Crippen LogP contribution in [0.1, 0.15) is 5.89 Å². The quantitative estimate of drug-likeness (QED) is 0.526. The van der Waals surface area contributed by atoms with Gasteiger partial charge in [0.2, 0.25) is 11.8 Å². The van der Waals surface area contributed by atoms with Crippen LogP contribution in [0.2, 0.25) is 5.02 Å².